The Balaban J connectivity index is 3.00. The maximum Gasteiger partial charge on any atom is 0.254 e. The summed E-state index contributed by atoms with van der Waals surface area (Å²) in [5.74, 6) is -0.192. The van der Waals surface area contributed by atoms with Crippen molar-refractivity contribution in [2.45, 2.75) is 0 Å². The van der Waals surface area contributed by atoms with Crippen LogP contribution in [0.2, 0.25) is 0 Å². The van der Waals surface area contributed by atoms with Crippen LogP contribution in [-0.4, -0.2) is 28.5 Å². The molecule has 1 aromatic rings. The van der Waals surface area contributed by atoms with Crippen LogP contribution in [0.25, 0.3) is 0 Å². The number of amides is 1. The fourth-order valence-electron chi connectivity index (χ4n) is 1.42. The second-order valence-electron chi connectivity index (χ2n) is 3.65. The Bertz CT molecular complexity index is 478. The van der Waals surface area contributed by atoms with Gasteiger partial charge in [0.2, 0.25) is 0 Å². The van der Waals surface area contributed by atoms with Crippen molar-refractivity contribution in [2.75, 3.05) is 13.1 Å². The molecule has 1 rings (SSSR count). The van der Waals surface area contributed by atoms with E-state index in [1.54, 1.807) is 36.4 Å². The summed E-state index contributed by atoms with van der Waals surface area (Å²) in [6, 6.07) is 2.96. The normalized spacial score (nSPS) is 9.71. The molecule has 1 aromatic heterocycles. The fourth-order valence-corrected chi connectivity index (χ4v) is 1.42. The molecule has 0 bridgehead atoms. The molecule has 0 unspecified atom stereocenters. The fraction of sp³-hybridized carbons (Fsp3) is 0.231. The smallest absolute Gasteiger partial charge is 0.254 e. The van der Waals surface area contributed by atoms with Gasteiger partial charge in [-0.2, -0.15) is 0 Å². The van der Waals surface area contributed by atoms with E-state index in [0.717, 1.165) is 0 Å². The third-order valence-corrected chi connectivity index (χ3v) is 2.34. The van der Waals surface area contributed by atoms with E-state index < -0.39 is 0 Å². The molecule has 0 aliphatic carbocycles. The zero-order valence-electron chi connectivity index (χ0n) is 9.93. The summed E-state index contributed by atoms with van der Waals surface area (Å²) in [6.07, 6.45) is 4.86. The van der Waals surface area contributed by atoms with Gasteiger partial charge in [0.1, 0.15) is 0 Å². The lowest BCUT2D eigenvalue weighted by Gasteiger charge is -2.19. The molecule has 4 nitrogen and oxygen atoms in total. The summed E-state index contributed by atoms with van der Waals surface area (Å²) < 4.78 is 1.42. The van der Waals surface area contributed by atoms with Gasteiger partial charge in [0.25, 0.3) is 11.5 Å². The first-order chi connectivity index (χ1) is 8.10. The number of aryl methyl sites for hydroxylation is 1. The van der Waals surface area contributed by atoms with Crippen LogP contribution in [0, 0.1) is 0 Å². The van der Waals surface area contributed by atoms with Crippen molar-refractivity contribution >= 4 is 5.91 Å². The van der Waals surface area contributed by atoms with Gasteiger partial charge in [-0.1, -0.05) is 12.2 Å². The molecule has 0 N–H and O–H groups in total. The van der Waals surface area contributed by atoms with Crippen molar-refractivity contribution in [1.29, 1.82) is 0 Å². The molecular weight excluding hydrogens is 216 g/mol. The minimum atomic E-state index is -0.201. The van der Waals surface area contributed by atoms with Gasteiger partial charge < -0.3 is 9.47 Å². The number of carbonyl (C=O) groups is 1. The van der Waals surface area contributed by atoms with Gasteiger partial charge in [-0.25, -0.2) is 0 Å². The summed E-state index contributed by atoms with van der Waals surface area (Å²) in [5, 5.41) is 0. The van der Waals surface area contributed by atoms with Crippen LogP contribution in [0.4, 0.5) is 0 Å². The molecule has 0 radical (unpaired) electrons. The molecule has 17 heavy (non-hydrogen) atoms. The van der Waals surface area contributed by atoms with E-state index >= 15 is 0 Å². The van der Waals surface area contributed by atoms with E-state index in [0.29, 0.717) is 18.7 Å². The lowest BCUT2D eigenvalue weighted by Crippen LogP contribution is -2.32. The first-order valence-corrected chi connectivity index (χ1v) is 5.28. The van der Waals surface area contributed by atoms with E-state index in [4.69, 9.17) is 0 Å². The van der Waals surface area contributed by atoms with Crippen molar-refractivity contribution in [2.24, 2.45) is 7.05 Å². The molecule has 0 aliphatic heterocycles. The highest BCUT2D eigenvalue weighted by atomic mass is 16.2. The number of aromatic nitrogens is 1. The van der Waals surface area contributed by atoms with E-state index in [2.05, 4.69) is 13.2 Å². The first kappa shape index (κ1) is 13.0. The molecule has 0 atom stereocenters. The SMILES string of the molecule is C=CCN(CC=C)C(=O)c1ccn(C)c(=O)c1. The third-order valence-electron chi connectivity index (χ3n) is 2.34. The van der Waals surface area contributed by atoms with Crippen LogP contribution in [0.3, 0.4) is 0 Å². The lowest BCUT2D eigenvalue weighted by molar-refractivity contribution is 0.0790. The van der Waals surface area contributed by atoms with Gasteiger partial charge in [-0.05, 0) is 6.07 Å². The summed E-state index contributed by atoms with van der Waals surface area (Å²) >= 11 is 0. The second kappa shape index (κ2) is 5.84. The Kier molecular flexibility index (Phi) is 4.46. The molecule has 90 valence electrons. The molecule has 0 saturated heterocycles. The Morgan fingerprint density at radius 2 is 2.00 bits per heavy atom. The number of pyridine rings is 1. The highest BCUT2D eigenvalue weighted by Gasteiger charge is 2.13. The maximum absolute atomic E-state index is 12.1. The lowest BCUT2D eigenvalue weighted by atomic mass is 10.2. The zero-order chi connectivity index (χ0) is 12.8. The third kappa shape index (κ3) is 3.17. The molecule has 0 aromatic carbocycles. The van der Waals surface area contributed by atoms with Crippen molar-refractivity contribution < 1.29 is 4.79 Å². The van der Waals surface area contributed by atoms with Crippen molar-refractivity contribution in [1.82, 2.24) is 9.47 Å². The Morgan fingerprint density at radius 3 is 2.47 bits per heavy atom. The van der Waals surface area contributed by atoms with E-state index in [9.17, 15) is 9.59 Å². The van der Waals surface area contributed by atoms with Crippen LogP contribution in [0.5, 0.6) is 0 Å². The second-order valence-corrected chi connectivity index (χ2v) is 3.65. The first-order valence-electron chi connectivity index (χ1n) is 5.28. The number of rotatable bonds is 5. The summed E-state index contributed by atoms with van der Waals surface area (Å²) in [7, 11) is 1.64. The van der Waals surface area contributed by atoms with E-state index in [1.807, 2.05) is 0 Å². The predicted octanol–water partition coefficient (Wildman–Crippen LogP) is 1.20. The van der Waals surface area contributed by atoms with E-state index in [-0.39, 0.29) is 11.5 Å². The Hall–Kier alpha value is -2.10. The number of carbonyl (C=O) groups excluding carboxylic acids is 1. The van der Waals surface area contributed by atoms with Crippen LogP contribution in [-0.2, 0) is 7.05 Å². The summed E-state index contributed by atoms with van der Waals surface area (Å²) in [4.78, 5) is 25.1. The van der Waals surface area contributed by atoms with Gasteiger partial charge >= 0.3 is 0 Å². The Morgan fingerprint density at radius 1 is 1.41 bits per heavy atom. The average molecular weight is 232 g/mol. The van der Waals surface area contributed by atoms with E-state index in [1.165, 1.54) is 10.6 Å². The number of nitrogens with zero attached hydrogens (tertiary/aromatic N) is 2. The molecule has 1 heterocycles. The van der Waals surface area contributed by atoms with Crippen LogP contribution >= 0.6 is 0 Å². The minimum absolute atomic E-state index is 0.192. The van der Waals surface area contributed by atoms with Crippen LogP contribution in [0.15, 0.2) is 48.4 Å². The molecule has 0 fully saturated rings. The molecule has 1 amide bonds. The van der Waals surface area contributed by atoms with Gasteiger partial charge in [0, 0.05) is 38.0 Å². The summed E-state index contributed by atoms with van der Waals surface area (Å²) in [5.41, 5.74) is 0.185. The molecule has 0 spiro atoms. The minimum Gasteiger partial charge on any atom is -0.331 e. The highest BCUT2D eigenvalue weighted by molar-refractivity contribution is 5.94. The van der Waals surface area contributed by atoms with Crippen molar-refractivity contribution in [3.8, 4) is 0 Å². The van der Waals surface area contributed by atoms with Crippen molar-refractivity contribution in [3.05, 3.63) is 59.6 Å². The quantitative estimate of drug-likeness (QED) is 0.716. The summed E-state index contributed by atoms with van der Waals surface area (Å²) in [6.45, 7) is 8.05. The largest absolute Gasteiger partial charge is 0.331 e. The van der Waals surface area contributed by atoms with Gasteiger partial charge in [-0.3, -0.25) is 9.59 Å². The van der Waals surface area contributed by atoms with Gasteiger partial charge in [0.15, 0.2) is 0 Å². The topological polar surface area (TPSA) is 42.3 Å². The molecule has 0 aliphatic rings. The van der Waals surface area contributed by atoms with Gasteiger partial charge in [-0.15, -0.1) is 13.2 Å². The van der Waals surface area contributed by atoms with Crippen LogP contribution < -0.4 is 5.56 Å². The van der Waals surface area contributed by atoms with Gasteiger partial charge in [0.05, 0.1) is 0 Å². The predicted molar refractivity (Wildman–Crippen MR) is 68.0 cm³/mol. The van der Waals surface area contributed by atoms with Crippen LogP contribution in [0.1, 0.15) is 10.4 Å². The molecular formula is C13H16N2O2. The molecule has 4 heteroatoms. The number of hydrogen-bond acceptors (Lipinski definition) is 2. The highest BCUT2D eigenvalue weighted by Crippen LogP contribution is 2.02. The maximum atomic E-state index is 12.1. The average Bonchev–Trinajstić information content (AvgIpc) is 2.31. The Labute approximate surface area is 100 Å². The monoisotopic (exact) mass is 232 g/mol. The standard InChI is InChI=1S/C13H16N2O2/c1-4-7-15(8-5-2)13(17)11-6-9-14(3)12(16)10-11/h4-6,9-10H,1-2,7-8H2,3H3. The number of hydrogen-bond donors (Lipinski definition) is 0. The zero-order valence-corrected chi connectivity index (χ0v) is 9.93. The van der Waals surface area contributed by atoms with Crippen molar-refractivity contribution in [3.63, 3.8) is 0 Å². The molecule has 0 saturated carbocycles.